The number of nitrogens with one attached hydrogen (secondary N) is 1. The van der Waals surface area contributed by atoms with Gasteiger partial charge in [0.05, 0.1) is 6.42 Å². The molecule has 4 heteroatoms. The summed E-state index contributed by atoms with van der Waals surface area (Å²) in [5.74, 6) is -0.341. The number of nitrogens with zero attached hydrogens (tertiary/aromatic N) is 1. The summed E-state index contributed by atoms with van der Waals surface area (Å²) < 4.78 is 0. The summed E-state index contributed by atoms with van der Waals surface area (Å²) in [6, 6.07) is 17.1. The Morgan fingerprint density at radius 2 is 1.50 bits per heavy atom. The molecular weight excluding hydrogens is 276 g/mol. The van der Waals surface area contributed by atoms with Crippen molar-refractivity contribution in [3.05, 3.63) is 65.7 Å². The van der Waals surface area contributed by atoms with Gasteiger partial charge in [0.15, 0.2) is 11.3 Å². The van der Waals surface area contributed by atoms with E-state index >= 15 is 0 Å². The monoisotopic (exact) mass is 294 g/mol. The number of Topliss-reactive ketones (excluding diaryl/α,β-unsaturated/α-hetero) is 1. The van der Waals surface area contributed by atoms with E-state index in [0.717, 1.165) is 16.8 Å². The number of benzene rings is 2. The first-order chi connectivity index (χ1) is 10.5. The summed E-state index contributed by atoms with van der Waals surface area (Å²) in [6.07, 6.45) is -0.0790. The second-order valence-corrected chi connectivity index (χ2v) is 5.71. The van der Waals surface area contributed by atoms with Crippen molar-refractivity contribution in [2.75, 3.05) is 19.0 Å². The van der Waals surface area contributed by atoms with Gasteiger partial charge in [-0.1, -0.05) is 42.5 Å². The highest BCUT2D eigenvalue weighted by Crippen LogP contribution is 2.36. The Labute approximate surface area is 129 Å². The molecule has 3 rings (SSSR count). The Morgan fingerprint density at radius 3 is 2.00 bits per heavy atom. The van der Waals surface area contributed by atoms with Gasteiger partial charge in [0.2, 0.25) is 5.91 Å². The van der Waals surface area contributed by atoms with Gasteiger partial charge in [0.1, 0.15) is 0 Å². The molecule has 0 spiro atoms. The summed E-state index contributed by atoms with van der Waals surface area (Å²) in [4.78, 5) is 26.5. The fourth-order valence-electron chi connectivity index (χ4n) is 2.93. The molecule has 1 heterocycles. The van der Waals surface area contributed by atoms with Gasteiger partial charge in [-0.3, -0.25) is 9.59 Å². The van der Waals surface area contributed by atoms with E-state index < -0.39 is 5.54 Å². The molecule has 2 aromatic carbocycles. The van der Waals surface area contributed by atoms with Crippen molar-refractivity contribution in [2.24, 2.45) is 0 Å². The van der Waals surface area contributed by atoms with E-state index in [4.69, 9.17) is 0 Å². The molecule has 0 bridgehead atoms. The molecule has 1 saturated heterocycles. The van der Waals surface area contributed by atoms with Crippen LogP contribution in [0.2, 0.25) is 0 Å². The average molecular weight is 294 g/mol. The maximum Gasteiger partial charge on any atom is 0.228 e. The first-order valence-corrected chi connectivity index (χ1v) is 7.22. The molecule has 0 radical (unpaired) electrons. The second kappa shape index (κ2) is 5.30. The maximum atomic E-state index is 12.6. The van der Waals surface area contributed by atoms with Gasteiger partial charge < -0.3 is 10.2 Å². The lowest BCUT2D eigenvalue weighted by molar-refractivity contribution is -0.122. The van der Waals surface area contributed by atoms with Crippen molar-refractivity contribution in [1.82, 2.24) is 5.32 Å². The van der Waals surface area contributed by atoms with Crippen LogP contribution in [0.1, 0.15) is 17.5 Å². The number of carbonyl (C=O) groups excluding carboxylic acids is 2. The highest BCUT2D eigenvalue weighted by Gasteiger charge is 2.48. The number of carbonyl (C=O) groups is 2. The van der Waals surface area contributed by atoms with Crippen molar-refractivity contribution < 1.29 is 9.59 Å². The molecule has 2 aromatic rings. The second-order valence-electron chi connectivity index (χ2n) is 5.71. The standard InChI is InChI=1S/C18H18N2O2/c1-20(2)15-10-8-14(9-11-15)18(13-6-4-3-5-7-13)16(21)12-17(22)19-18/h3-11H,12H2,1-2H3,(H,19,22). The number of hydrogen-bond donors (Lipinski definition) is 1. The Morgan fingerprint density at radius 1 is 0.909 bits per heavy atom. The highest BCUT2D eigenvalue weighted by atomic mass is 16.2. The topological polar surface area (TPSA) is 49.4 Å². The van der Waals surface area contributed by atoms with E-state index in [1.165, 1.54) is 0 Å². The van der Waals surface area contributed by atoms with Crippen LogP contribution in [0.25, 0.3) is 0 Å². The van der Waals surface area contributed by atoms with Crippen LogP contribution in [0, 0.1) is 0 Å². The van der Waals surface area contributed by atoms with Crippen molar-refractivity contribution >= 4 is 17.4 Å². The smallest absolute Gasteiger partial charge is 0.228 e. The summed E-state index contributed by atoms with van der Waals surface area (Å²) in [5.41, 5.74) is 1.57. The van der Waals surface area contributed by atoms with Gasteiger partial charge in [-0.2, -0.15) is 0 Å². The number of ketones is 1. The quantitative estimate of drug-likeness (QED) is 0.882. The molecule has 0 aromatic heterocycles. The van der Waals surface area contributed by atoms with Gasteiger partial charge >= 0.3 is 0 Å². The zero-order valence-corrected chi connectivity index (χ0v) is 12.7. The molecule has 0 saturated carbocycles. The van der Waals surface area contributed by atoms with Crippen LogP contribution in [0.5, 0.6) is 0 Å². The van der Waals surface area contributed by atoms with Gasteiger partial charge in [-0.15, -0.1) is 0 Å². The Hall–Kier alpha value is -2.62. The van der Waals surface area contributed by atoms with Crippen LogP contribution in [0.3, 0.4) is 0 Å². The van der Waals surface area contributed by atoms with Crippen molar-refractivity contribution in [1.29, 1.82) is 0 Å². The minimum absolute atomic E-state index is 0.0790. The zero-order chi connectivity index (χ0) is 15.7. The third-order valence-electron chi connectivity index (χ3n) is 4.09. The third kappa shape index (κ3) is 2.17. The summed E-state index contributed by atoms with van der Waals surface area (Å²) in [5, 5.41) is 2.90. The molecule has 1 amide bonds. The van der Waals surface area contributed by atoms with Crippen molar-refractivity contribution in [3.8, 4) is 0 Å². The van der Waals surface area contributed by atoms with Crippen LogP contribution in [-0.4, -0.2) is 25.8 Å². The first kappa shape index (κ1) is 14.3. The molecule has 4 nitrogen and oxygen atoms in total. The first-order valence-electron chi connectivity index (χ1n) is 7.22. The highest BCUT2D eigenvalue weighted by molar-refractivity contribution is 6.12. The van der Waals surface area contributed by atoms with E-state index in [2.05, 4.69) is 5.32 Å². The summed E-state index contributed by atoms with van der Waals surface area (Å²) >= 11 is 0. The zero-order valence-electron chi connectivity index (χ0n) is 12.7. The molecule has 1 unspecified atom stereocenters. The summed E-state index contributed by atoms with van der Waals surface area (Å²) in [6.45, 7) is 0. The van der Waals surface area contributed by atoms with Gasteiger partial charge in [0, 0.05) is 19.8 Å². The minimum atomic E-state index is -1.07. The normalized spacial score (nSPS) is 20.8. The molecule has 1 N–H and O–H groups in total. The molecular formula is C18H18N2O2. The van der Waals surface area contributed by atoms with Crippen LogP contribution < -0.4 is 10.2 Å². The predicted molar refractivity (Wildman–Crippen MR) is 85.8 cm³/mol. The molecule has 1 atom stereocenters. The minimum Gasteiger partial charge on any atom is -0.378 e. The molecule has 0 aliphatic carbocycles. The summed E-state index contributed by atoms with van der Waals surface area (Å²) in [7, 11) is 3.93. The van der Waals surface area contributed by atoms with Crippen LogP contribution in [0.4, 0.5) is 5.69 Å². The lowest BCUT2D eigenvalue weighted by Crippen LogP contribution is -2.44. The molecule has 1 aliphatic rings. The molecule has 1 aliphatic heterocycles. The van der Waals surface area contributed by atoms with Gasteiger partial charge in [-0.05, 0) is 23.3 Å². The van der Waals surface area contributed by atoms with E-state index in [9.17, 15) is 9.59 Å². The van der Waals surface area contributed by atoms with Crippen molar-refractivity contribution in [2.45, 2.75) is 12.0 Å². The number of anilines is 1. The Kier molecular flexibility index (Phi) is 3.45. The predicted octanol–water partition coefficient (Wildman–Crippen LogP) is 2.09. The fraction of sp³-hybridized carbons (Fsp3) is 0.222. The fourth-order valence-corrected chi connectivity index (χ4v) is 2.93. The third-order valence-corrected chi connectivity index (χ3v) is 4.09. The van der Waals surface area contributed by atoms with Gasteiger partial charge in [-0.25, -0.2) is 0 Å². The van der Waals surface area contributed by atoms with E-state index in [0.29, 0.717) is 0 Å². The van der Waals surface area contributed by atoms with Gasteiger partial charge in [0.25, 0.3) is 0 Å². The Balaban J connectivity index is 2.15. The van der Waals surface area contributed by atoms with E-state index in [-0.39, 0.29) is 18.1 Å². The number of hydrogen-bond acceptors (Lipinski definition) is 3. The molecule has 22 heavy (non-hydrogen) atoms. The average Bonchev–Trinajstić information content (AvgIpc) is 2.84. The van der Waals surface area contributed by atoms with Crippen LogP contribution in [0.15, 0.2) is 54.6 Å². The number of rotatable bonds is 3. The maximum absolute atomic E-state index is 12.6. The largest absolute Gasteiger partial charge is 0.378 e. The molecule has 1 fully saturated rings. The molecule has 112 valence electrons. The Bertz CT molecular complexity index is 708. The lowest BCUT2D eigenvalue weighted by Gasteiger charge is -2.29. The van der Waals surface area contributed by atoms with Crippen LogP contribution in [-0.2, 0) is 15.1 Å². The van der Waals surface area contributed by atoms with Crippen molar-refractivity contribution in [3.63, 3.8) is 0 Å². The van der Waals surface area contributed by atoms with E-state index in [1.54, 1.807) is 0 Å². The van der Waals surface area contributed by atoms with E-state index in [1.807, 2.05) is 73.6 Å². The van der Waals surface area contributed by atoms with Crippen LogP contribution >= 0.6 is 0 Å². The number of amides is 1. The SMILES string of the molecule is CN(C)c1ccc(C2(c3ccccc3)NC(=O)CC2=O)cc1. The lowest BCUT2D eigenvalue weighted by atomic mass is 9.80.